The average Bonchev–Trinajstić information content (AvgIpc) is 3.09. The Bertz CT molecular complexity index is 806. The van der Waals surface area contributed by atoms with Gasteiger partial charge in [-0.3, -0.25) is 19.7 Å². The number of nitro benzene ring substituents is 1. The van der Waals surface area contributed by atoms with Gasteiger partial charge in [-0.2, -0.15) is 0 Å². The zero-order chi connectivity index (χ0) is 18.0. The maximum atomic E-state index is 12.6. The Morgan fingerprint density at radius 2 is 1.96 bits per heavy atom. The van der Waals surface area contributed by atoms with Crippen molar-refractivity contribution in [2.75, 3.05) is 7.05 Å². The first kappa shape index (κ1) is 17.1. The van der Waals surface area contributed by atoms with Gasteiger partial charge in [0.1, 0.15) is 12.1 Å². The standard InChI is InChI=1S/C17H17N3O4S/c1-19-15(9-11-5-2-3-7-14(11)20(23)24)16(21)18-13(17(19)22)10-12-6-4-8-25-12/h2-8,13,15H,9-10H2,1H3,(H,18,21). The van der Waals surface area contributed by atoms with Crippen molar-refractivity contribution in [2.24, 2.45) is 0 Å². The zero-order valence-electron chi connectivity index (χ0n) is 13.5. The van der Waals surface area contributed by atoms with Crippen LogP contribution in [-0.2, 0) is 22.4 Å². The van der Waals surface area contributed by atoms with Crippen molar-refractivity contribution in [2.45, 2.75) is 24.9 Å². The van der Waals surface area contributed by atoms with Crippen molar-refractivity contribution >= 4 is 28.8 Å². The van der Waals surface area contributed by atoms with E-state index < -0.39 is 17.0 Å². The third-order valence-electron chi connectivity index (χ3n) is 4.32. The second kappa shape index (κ2) is 7.02. The Labute approximate surface area is 148 Å². The number of para-hydroxylation sites is 1. The molecule has 2 heterocycles. The molecule has 3 rings (SSSR count). The highest BCUT2D eigenvalue weighted by Crippen LogP contribution is 2.23. The van der Waals surface area contributed by atoms with Crippen LogP contribution in [0.2, 0.25) is 0 Å². The molecule has 2 unspecified atom stereocenters. The second-order valence-corrected chi connectivity index (χ2v) is 6.93. The van der Waals surface area contributed by atoms with Gasteiger partial charge in [-0.25, -0.2) is 0 Å². The third-order valence-corrected chi connectivity index (χ3v) is 5.22. The van der Waals surface area contributed by atoms with Crippen LogP contribution in [0.3, 0.4) is 0 Å². The van der Waals surface area contributed by atoms with Crippen LogP contribution in [0.25, 0.3) is 0 Å². The van der Waals surface area contributed by atoms with Crippen molar-refractivity contribution in [3.05, 3.63) is 62.3 Å². The Morgan fingerprint density at radius 3 is 2.64 bits per heavy atom. The minimum atomic E-state index is -0.756. The minimum absolute atomic E-state index is 0.0446. The van der Waals surface area contributed by atoms with Crippen LogP contribution in [0, 0.1) is 10.1 Å². The van der Waals surface area contributed by atoms with Crippen molar-refractivity contribution < 1.29 is 14.5 Å². The SMILES string of the molecule is CN1C(=O)C(Cc2cccs2)NC(=O)C1Cc1ccccc1[N+](=O)[O-]. The second-order valence-electron chi connectivity index (χ2n) is 5.90. The van der Waals surface area contributed by atoms with Crippen LogP contribution in [0.4, 0.5) is 5.69 Å². The van der Waals surface area contributed by atoms with Gasteiger partial charge in [0.05, 0.1) is 4.92 Å². The van der Waals surface area contributed by atoms with Crippen LogP contribution >= 0.6 is 11.3 Å². The number of carbonyl (C=O) groups is 2. The Morgan fingerprint density at radius 1 is 1.20 bits per heavy atom. The first-order valence-corrected chi connectivity index (χ1v) is 8.67. The Balaban J connectivity index is 1.77. The monoisotopic (exact) mass is 359 g/mol. The molecule has 0 saturated carbocycles. The lowest BCUT2D eigenvalue weighted by Crippen LogP contribution is -2.63. The van der Waals surface area contributed by atoms with E-state index in [-0.39, 0.29) is 23.9 Å². The smallest absolute Gasteiger partial charge is 0.272 e. The van der Waals surface area contributed by atoms with Gasteiger partial charge in [-0.15, -0.1) is 11.3 Å². The van der Waals surface area contributed by atoms with E-state index in [1.54, 1.807) is 25.2 Å². The number of thiophene rings is 1. The molecular formula is C17H17N3O4S. The molecule has 2 amide bonds. The van der Waals surface area contributed by atoms with E-state index in [0.717, 1.165) is 4.88 Å². The summed E-state index contributed by atoms with van der Waals surface area (Å²) in [5.41, 5.74) is 0.390. The summed E-state index contributed by atoms with van der Waals surface area (Å²) in [6.45, 7) is 0. The number of piperazine rings is 1. The number of nitrogens with one attached hydrogen (secondary N) is 1. The van der Waals surface area contributed by atoms with E-state index in [0.29, 0.717) is 12.0 Å². The molecule has 1 fully saturated rings. The minimum Gasteiger partial charge on any atom is -0.342 e. The van der Waals surface area contributed by atoms with Crippen LogP contribution < -0.4 is 5.32 Å². The topological polar surface area (TPSA) is 92.6 Å². The molecule has 8 heteroatoms. The van der Waals surface area contributed by atoms with E-state index in [4.69, 9.17) is 0 Å². The molecule has 0 spiro atoms. The number of rotatable bonds is 5. The van der Waals surface area contributed by atoms with Gasteiger partial charge in [-0.05, 0) is 11.4 Å². The predicted molar refractivity (Wildman–Crippen MR) is 93.3 cm³/mol. The van der Waals surface area contributed by atoms with Crippen LogP contribution in [-0.4, -0.2) is 40.8 Å². The van der Waals surface area contributed by atoms with E-state index in [1.165, 1.54) is 22.3 Å². The van der Waals surface area contributed by atoms with Gasteiger partial charge < -0.3 is 10.2 Å². The Hall–Kier alpha value is -2.74. The lowest BCUT2D eigenvalue weighted by atomic mass is 9.98. The summed E-state index contributed by atoms with van der Waals surface area (Å²) in [6.07, 6.45) is 0.557. The summed E-state index contributed by atoms with van der Waals surface area (Å²) in [7, 11) is 1.57. The molecule has 1 aliphatic rings. The van der Waals surface area contributed by atoms with Gasteiger partial charge in [0.25, 0.3) is 5.69 Å². The lowest BCUT2D eigenvalue weighted by molar-refractivity contribution is -0.385. The lowest BCUT2D eigenvalue weighted by Gasteiger charge is -2.36. The molecule has 1 N–H and O–H groups in total. The van der Waals surface area contributed by atoms with Gasteiger partial charge in [0, 0.05) is 36.4 Å². The van der Waals surface area contributed by atoms with Gasteiger partial charge in [0.15, 0.2) is 0 Å². The van der Waals surface area contributed by atoms with Gasteiger partial charge in [-0.1, -0.05) is 24.3 Å². The van der Waals surface area contributed by atoms with Crippen molar-refractivity contribution in [1.29, 1.82) is 0 Å². The molecule has 0 radical (unpaired) electrons. The normalized spacial score (nSPS) is 20.4. The maximum Gasteiger partial charge on any atom is 0.272 e. The molecule has 1 aromatic carbocycles. The van der Waals surface area contributed by atoms with E-state index in [1.807, 2.05) is 17.5 Å². The highest BCUT2D eigenvalue weighted by molar-refractivity contribution is 7.09. The summed E-state index contributed by atoms with van der Waals surface area (Å²) in [6, 6.07) is 8.74. The van der Waals surface area contributed by atoms with Crippen molar-refractivity contribution in [1.82, 2.24) is 10.2 Å². The van der Waals surface area contributed by atoms with E-state index >= 15 is 0 Å². The molecule has 0 bridgehead atoms. The van der Waals surface area contributed by atoms with Crippen molar-refractivity contribution in [3.8, 4) is 0 Å². The quantitative estimate of drug-likeness (QED) is 0.650. The first-order valence-electron chi connectivity index (χ1n) is 7.79. The average molecular weight is 359 g/mol. The van der Waals surface area contributed by atoms with Crippen LogP contribution in [0.5, 0.6) is 0 Å². The fraction of sp³-hybridized carbons (Fsp3) is 0.294. The van der Waals surface area contributed by atoms with E-state index in [9.17, 15) is 19.7 Å². The number of carbonyl (C=O) groups excluding carboxylic acids is 2. The zero-order valence-corrected chi connectivity index (χ0v) is 14.4. The summed E-state index contributed by atoms with van der Waals surface area (Å²) in [5, 5.41) is 15.8. The summed E-state index contributed by atoms with van der Waals surface area (Å²) in [4.78, 5) is 38.2. The number of hydrogen-bond acceptors (Lipinski definition) is 5. The number of likely N-dealkylation sites (N-methyl/N-ethyl adjacent to an activating group) is 1. The molecular weight excluding hydrogens is 342 g/mol. The highest BCUT2D eigenvalue weighted by atomic mass is 32.1. The number of amides is 2. The predicted octanol–water partition coefficient (Wildman–Crippen LogP) is 1.77. The van der Waals surface area contributed by atoms with Crippen LogP contribution in [0.1, 0.15) is 10.4 Å². The van der Waals surface area contributed by atoms with E-state index in [2.05, 4.69) is 5.32 Å². The number of nitro groups is 1. The molecule has 1 saturated heterocycles. The van der Waals surface area contributed by atoms with Gasteiger partial charge in [0.2, 0.25) is 11.8 Å². The summed E-state index contributed by atoms with van der Waals surface area (Å²) < 4.78 is 0. The van der Waals surface area contributed by atoms with Gasteiger partial charge >= 0.3 is 0 Å². The molecule has 2 aromatic rings. The van der Waals surface area contributed by atoms with Crippen molar-refractivity contribution in [3.63, 3.8) is 0 Å². The molecule has 0 aliphatic carbocycles. The number of nitrogens with zero attached hydrogens (tertiary/aromatic N) is 2. The fourth-order valence-corrected chi connectivity index (χ4v) is 3.72. The summed E-state index contributed by atoms with van der Waals surface area (Å²) in [5.74, 6) is -0.474. The number of hydrogen-bond donors (Lipinski definition) is 1. The molecule has 1 aliphatic heterocycles. The molecule has 1 aromatic heterocycles. The molecule has 7 nitrogen and oxygen atoms in total. The van der Waals surface area contributed by atoms with Crippen LogP contribution in [0.15, 0.2) is 41.8 Å². The number of benzene rings is 1. The Kier molecular flexibility index (Phi) is 4.80. The highest BCUT2D eigenvalue weighted by Gasteiger charge is 2.39. The molecule has 2 atom stereocenters. The maximum absolute atomic E-state index is 12.6. The fourth-order valence-electron chi connectivity index (χ4n) is 2.97. The largest absolute Gasteiger partial charge is 0.342 e. The third kappa shape index (κ3) is 3.53. The first-order chi connectivity index (χ1) is 12.0. The molecule has 130 valence electrons. The molecule has 25 heavy (non-hydrogen) atoms. The summed E-state index contributed by atoms with van der Waals surface area (Å²) >= 11 is 1.53.